The molecular formula is C16H22F2N2. The van der Waals surface area contributed by atoms with Crippen molar-refractivity contribution in [2.45, 2.75) is 50.7 Å². The van der Waals surface area contributed by atoms with E-state index in [9.17, 15) is 8.78 Å². The van der Waals surface area contributed by atoms with Crippen molar-refractivity contribution in [1.82, 2.24) is 10.2 Å². The number of benzene rings is 1. The van der Waals surface area contributed by atoms with Crippen LogP contribution in [0.15, 0.2) is 18.2 Å². The lowest BCUT2D eigenvalue weighted by molar-refractivity contribution is 0.208. The molecule has 4 heteroatoms. The maximum atomic E-state index is 13.3. The number of hydrogen-bond acceptors (Lipinski definition) is 2. The fourth-order valence-electron chi connectivity index (χ4n) is 3.08. The molecule has 2 aliphatic rings. The van der Waals surface area contributed by atoms with E-state index in [1.165, 1.54) is 44.2 Å². The van der Waals surface area contributed by atoms with E-state index in [4.69, 9.17) is 0 Å². The van der Waals surface area contributed by atoms with E-state index in [0.29, 0.717) is 18.6 Å². The lowest BCUT2D eigenvalue weighted by atomic mass is 10.0. The number of rotatable bonds is 5. The van der Waals surface area contributed by atoms with Gasteiger partial charge in [-0.25, -0.2) is 8.78 Å². The zero-order valence-electron chi connectivity index (χ0n) is 11.7. The van der Waals surface area contributed by atoms with Crippen LogP contribution >= 0.6 is 0 Å². The predicted molar refractivity (Wildman–Crippen MR) is 75.4 cm³/mol. The second kappa shape index (κ2) is 6.19. The fraction of sp³-hybridized carbons (Fsp3) is 0.625. The first-order chi connectivity index (χ1) is 9.70. The highest BCUT2D eigenvalue weighted by Crippen LogP contribution is 2.29. The Labute approximate surface area is 119 Å². The highest BCUT2D eigenvalue weighted by atomic mass is 19.1. The summed E-state index contributed by atoms with van der Waals surface area (Å²) >= 11 is 0. The van der Waals surface area contributed by atoms with Gasteiger partial charge in [0.15, 0.2) is 0 Å². The lowest BCUT2D eigenvalue weighted by Gasteiger charge is -2.30. The quantitative estimate of drug-likeness (QED) is 0.891. The zero-order valence-corrected chi connectivity index (χ0v) is 11.7. The Kier molecular flexibility index (Phi) is 4.32. The summed E-state index contributed by atoms with van der Waals surface area (Å²) in [7, 11) is 0. The molecule has 0 aromatic heterocycles. The third kappa shape index (κ3) is 3.76. The first-order valence-corrected chi connectivity index (χ1v) is 7.63. The Hall–Kier alpha value is -1.00. The Bertz CT molecular complexity index is 434. The number of hydrogen-bond donors (Lipinski definition) is 1. The van der Waals surface area contributed by atoms with E-state index in [1.807, 2.05) is 0 Å². The van der Waals surface area contributed by atoms with Gasteiger partial charge in [-0.1, -0.05) is 6.42 Å². The van der Waals surface area contributed by atoms with E-state index in [-0.39, 0.29) is 0 Å². The van der Waals surface area contributed by atoms with Crippen molar-refractivity contribution in [1.29, 1.82) is 0 Å². The summed E-state index contributed by atoms with van der Waals surface area (Å²) in [6, 6.07) is 4.97. The molecule has 1 aliphatic heterocycles. The smallest absolute Gasteiger partial charge is 0.126 e. The summed E-state index contributed by atoms with van der Waals surface area (Å²) < 4.78 is 26.6. The van der Waals surface area contributed by atoms with E-state index >= 15 is 0 Å². The summed E-state index contributed by atoms with van der Waals surface area (Å²) in [6.45, 7) is 2.73. The Morgan fingerprint density at radius 3 is 2.40 bits per heavy atom. The molecule has 1 unspecified atom stereocenters. The van der Waals surface area contributed by atoms with E-state index < -0.39 is 11.6 Å². The predicted octanol–water partition coefficient (Wildman–Crippen LogP) is 3.07. The van der Waals surface area contributed by atoms with Crippen LogP contribution in [0.4, 0.5) is 8.78 Å². The van der Waals surface area contributed by atoms with Gasteiger partial charge in [0.1, 0.15) is 11.6 Å². The van der Waals surface area contributed by atoms with Crippen molar-refractivity contribution in [3.63, 3.8) is 0 Å². The minimum absolute atomic E-state index is 0.480. The molecule has 1 heterocycles. The van der Waals surface area contributed by atoms with Crippen molar-refractivity contribution in [3.05, 3.63) is 35.4 Å². The second-order valence-corrected chi connectivity index (χ2v) is 6.09. The van der Waals surface area contributed by atoms with Gasteiger partial charge in [-0.2, -0.15) is 0 Å². The molecule has 2 nitrogen and oxygen atoms in total. The molecule has 1 aliphatic carbocycles. The molecule has 3 rings (SSSR count). The maximum Gasteiger partial charge on any atom is 0.126 e. The molecule has 0 amide bonds. The van der Waals surface area contributed by atoms with Gasteiger partial charge < -0.3 is 5.32 Å². The number of halogens is 2. The molecule has 1 aromatic rings. The Morgan fingerprint density at radius 1 is 1.05 bits per heavy atom. The van der Waals surface area contributed by atoms with Crippen LogP contribution in [0.2, 0.25) is 0 Å². The summed E-state index contributed by atoms with van der Waals surface area (Å²) in [4.78, 5) is 2.39. The molecule has 1 N–H and O–H groups in total. The monoisotopic (exact) mass is 280 g/mol. The van der Waals surface area contributed by atoms with Crippen LogP contribution in [0.1, 0.15) is 37.7 Å². The number of piperidine rings is 1. The van der Waals surface area contributed by atoms with Gasteiger partial charge in [-0.3, -0.25) is 4.90 Å². The van der Waals surface area contributed by atoms with Crippen LogP contribution in [-0.2, 0) is 6.54 Å². The Morgan fingerprint density at radius 2 is 1.80 bits per heavy atom. The summed E-state index contributed by atoms with van der Waals surface area (Å²) in [5, 5.41) is 3.55. The Balaban J connectivity index is 1.64. The molecule has 1 saturated heterocycles. The van der Waals surface area contributed by atoms with Crippen molar-refractivity contribution in [3.8, 4) is 0 Å². The molecule has 0 bridgehead atoms. The van der Waals surface area contributed by atoms with Gasteiger partial charge in [-0.05, 0) is 49.9 Å². The fourth-order valence-corrected chi connectivity index (χ4v) is 3.08. The molecule has 2 fully saturated rings. The van der Waals surface area contributed by atoms with Crippen LogP contribution in [0.3, 0.4) is 0 Å². The van der Waals surface area contributed by atoms with Crippen molar-refractivity contribution >= 4 is 0 Å². The van der Waals surface area contributed by atoms with Gasteiger partial charge in [0.2, 0.25) is 0 Å². The minimum atomic E-state index is -0.480. The summed E-state index contributed by atoms with van der Waals surface area (Å²) in [5.41, 5.74) is 0.741. The minimum Gasteiger partial charge on any atom is -0.313 e. The SMILES string of the molecule is Fc1cc(F)cc(CN(CC2CCCCN2)C2CC2)c1. The van der Waals surface area contributed by atoms with Crippen molar-refractivity contribution in [2.75, 3.05) is 13.1 Å². The average molecular weight is 280 g/mol. The van der Waals surface area contributed by atoms with Gasteiger partial charge in [0.05, 0.1) is 0 Å². The molecule has 1 saturated carbocycles. The largest absolute Gasteiger partial charge is 0.313 e. The van der Waals surface area contributed by atoms with Gasteiger partial charge in [-0.15, -0.1) is 0 Å². The second-order valence-electron chi connectivity index (χ2n) is 6.09. The van der Waals surface area contributed by atoms with Gasteiger partial charge in [0.25, 0.3) is 0 Å². The van der Waals surface area contributed by atoms with Crippen LogP contribution < -0.4 is 5.32 Å². The normalized spacial score (nSPS) is 23.2. The van der Waals surface area contributed by atoms with Crippen LogP contribution in [0.5, 0.6) is 0 Å². The third-order valence-electron chi connectivity index (χ3n) is 4.24. The molecule has 0 spiro atoms. The third-order valence-corrected chi connectivity index (χ3v) is 4.24. The average Bonchev–Trinajstić information content (AvgIpc) is 3.22. The zero-order chi connectivity index (χ0) is 13.9. The highest BCUT2D eigenvalue weighted by molar-refractivity contribution is 5.18. The first-order valence-electron chi connectivity index (χ1n) is 7.63. The van der Waals surface area contributed by atoms with Gasteiger partial charge in [0, 0.05) is 31.2 Å². The number of nitrogens with one attached hydrogen (secondary N) is 1. The van der Waals surface area contributed by atoms with Crippen LogP contribution in [0.25, 0.3) is 0 Å². The van der Waals surface area contributed by atoms with E-state index in [1.54, 1.807) is 0 Å². The molecule has 110 valence electrons. The lowest BCUT2D eigenvalue weighted by Crippen LogP contribution is -2.44. The molecule has 1 aromatic carbocycles. The van der Waals surface area contributed by atoms with Gasteiger partial charge >= 0.3 is 0 Å². The van der Waals surface area contributed by atoms with Crippen molar-refractivity contribution in [2.24, 2.45) is 0 Å². The first kappa shape index (κ1) is 14.0. The molecular weight excluding hydrogens is 258 g/mol. The molecule has 0 radical (unpaired) electrons. The topological polar surface area (TPSA) is 15.3 Å². The van der Waals surface area contributed by atoms with Crippen LogP contribution in [0, 0.1) is 11.6 Å². The van der Waals surface area contributed by atoms with Crippen molar-refractivity contribution < 1.29 is 8.78 Å². The number of nitrogens with zero attached hydrogens (tertiary/aromatic N) is 1. The highest BCUT2D eigenvalue weighted by Gasteiger charge is 2.31. The molecule has 20 heavy (non-hydrogen) atoms. The molecule has 1 atom stereocenters. The standard InChI is InChI=1S/C16H22F2N2/c17-13-7-12(8-14(18)9-13)10-20(16-4-5-16)11-15-3-1-2-6-19-15/h7-9,15-16,19H,1-6,10-11H2. The summed E-state index contributed by atoms with van der Waals surface area (Å²) in [6.07, 6.45) is 6.18. The van der Waals surface area contributed by atoms with E-state index in [0.717, 1.165) is 24.7 Å². The van der Waals surface area contributed by atoms with E-state index in [2.05, 4.69) is 10.2 Å². The summed E-state index contributed by atoms with van der Waals surface area (Å²) in [5.74, 6) is -0.960. The maximum absolute atomic E-state index is 13.3. The van der Waals surface area contributed by atoms with Crippen LogP contribution in [-0.4, -0.2) is 30.1 Å².